The Kier molecular flexibility index (Phi) is 4.92. The fourth-order valence-electron chi connectivity index (χ4n) is 1.83. The van der Waals surface area contributed by atoms with Gasteiger partial charge in [0, 0.05) is 7.11 Å². The number of aliphatic hydroxyl groups excluding tert-OH is 2. The largest absolute Gasteiger partial charge is 0.472 e. The van der Waals surface area contributed by atoms with E-state index in [0.717, 1.165) is 13.3 Å². The van der Waals surface area contributed by atoms with Crippen molar-refractivity contribution in [2.45, 2.75) is 24.5 Å². The third-order valence-corrected chi connectivity index (χ3v) is 3.89. The molecule has 2 rings (SSSR count). The van der Waals surface area contributed by atoms with Gasteiger partial charge >= 0.3 is 13.5 Å². The monoisotopic (exact) mass is 339 g/mol. The highest BCUT2D eigenvalue weighted by Crippen LogP contribution is 2.43. The molecule has 0 radical (unpaired) electrons. The molecule has 1 fully saturated rings. The first-order valence-corrected chi connectivity index (χ1v) is 7.47. The van der Waals surface area contributed by atoms with Crippen LogP contribution in [0.5, 0.6) is 0 Å². The lowest BCUT2D eigenvalue weighted by molar-refractivity contribution is -0.0614. The molecule has 0 aliphatic carbocycles. The topological polar surface area (TPSA) is 173 Å². The fraction of sp³-hybridized carbons (Fsp3) is 0.667. The van der Waals surface area contributed by atoms with Gasteiger partial charge in [0.25, 0.3) is 5.56 Å². The van der Waals surface area contributed by atoms with Gasteiger partial charge in [0.1, 0.15) is 24.5 Å². The second kappa shape index (κ2) is 6.38. The van der Waals surface area contributed by atoms with Crippen LogP contribution >= 0.6 is 7.82 Å². The molecule has 5 atom stereocenters. The van der Waals surface area contributed by atoms with E-state index in [2.05, 4.69) is 14.1 Å². The second-order valence-electron chi connectivity index (χ2n) is 4.38. The van der Waals surface area contributed by atoms with Crippen LogP contribution in [0.4, 0.5) is 0 Å². The Bertz CT molecular complexity index is 687. The molecule has 1 aliphatic rings. The number of hydrogen-bond acceptors (Lipinski definition) is 9. The zero-order valence-electron chi connectivity index (χ0n) is 11.2. The van der Waals surface area contributed by atoms with Crippen molar-refractivity contribution in [3.8, 4) is 0 Å². The van der Waals surface area contributed by atoms with Gasteiger partial charge in [0.05, 0.1) is 6.61 Å². The minimum Gasteiger partial charge on any atom is -0.387 e. The number of phosphoric ester groups is 1. The molecule has 0 aromatic carbocycles. The zero-order chi connectivity index (χ0) is 16.5. The molecule has 1 aromatic rings. The normalized spacial score (nSPS) is 31.1. The third kappa shape index (κ3) is 3.50. The lowest BCUT2D eigenvalue weighted by Crippen LogP contribution is -2.39. The molecule has 1 aromatic heterocycles. The van der Waals surface area contributed by atoms with Crippen LogP contribution < -0.4 is 11.2 Å². The molecule has 13 heteroatoms. The number of rotatable bonds is 5. The van der Waals surface area contributed by atoms with E-state index in [9.17, 15) is 24.4 Å². The lowest BCUT2D eigenvalue weighted by atomic mass is 10.1. The molecule has 5 unspecified atom stereocenters. The summed E-state index contributed by atoms with van der Waals surface area (Å²) in [4.78, 5) is 33.5. The summed E-state index contributed by atoms with van der Waals surface area (Å²) in [5.74, 6) is 0. The first-order valence-electron chi connectivity index (χ1n) is 5.98. The van der Waals surface area contributed by atoms with Crippen molar-refractivity contribution in [3.63, 3.8) is 0 Å². The van der Waals surface area contributed by atoms with Crippen molar-refractivity contribution in [1.82, 2.24) is 14.8 Å². The van der Waals surface area contributed by atoms with Gasteiger partial charge in [0.2, 0.25) is 0 Å². The maximum atomic E-state index is 11.6. The molecule has 0 saturated carbocycles. The molecule has 0 bridgehead atoms. The second-order valence-corrected chi connectivity index (χ2v) is 5.94. The predicted octanol–water partition coefficient (Wildman–Crippen LogP) is -2.69. The number of nitrogens with one attached hydrogen (secondary N) is 1. The van der Waals surface area contributed by atoms with Crippen molar-refractivity contribution >= 4 is 7.82 Å². The highest BCUT2D eigenvalue weighted by molar-refractivity contribution is 7.47. The van der Waals surface area contributed by atoms with Gasteiger partial charge in [-0.2, -0.15) is 9.78 Å². The SMILES string of the molecule is COP(=O)(O)OCC1OC(n2ncc(=O)[nH]c2=O)C(O)C1O. The number of phosphoric acid groups is 1. The van der Waals surface area contributed by atoms with E-state index >= 15 is 0 Å². The molecule has 1 aliphatic heterocycles. The van der Waals surface area contributed by atoms with Crippen molar-refractivity contribution in [3.05, 3.63) is 27.0 Å². The van der Waals surface area contributed by atoms with Gasteiger partial charge in [-0.1, -0.05) is 0 Å². The van der Waals surface area contributed by atoms with Crippen molar-refractivity contribution in [1.29, 1.82) is 0 Å². The lowest BCUT2D eigenvalue weighted by Gasteiger charge is -2.16. The minimum atomic E-state index is -4.28. The summed E-state index contributed by atoms with van der Waals surface area (Å²) in [7, 11) is -3.33. The maximum Gasteiger partial charge on any atom is 0.472 e. The van der Waals surface area contributed by atoms with Gasteiger partial charge < -0.3 is 19.8 Å². The summed E-state index contributed by atoms with van der Waals surface area (Å²) in [5, 5.41) is 23.2. The number of aliphatic hydroxyl groups is 2. The van der Waals surface area contributed by atoms with E-state index in [-0.39, 0.29) is 0 Å². The van der Waals surface area contributed by atoms with Crippen molar-refractivity contribution in [2.75, 3.05) is 13.7 Å². The summed E-state index contributed by atoms with van der Waals surface area (Å²) in [6.45, 7) is -0.575. The van der Waals surface area contributed by atoms with Crippen LogP contribution in [0.2, 0.25) is 0 Å². The number of aromatic amines is 1. The van der Waals surface area contributed by atoms with Gasteiger partial charge in [-0.15, -0.1) is 0 Å². The molecule has 12 nitrogen and oxygen atoms in total. The van der Waals surface area contributed by atoms with Gasteiger partial charge in [0.15, 0.2) is 6.23 Å². The molecular weight excluding hydrogens is 325 g/mol. The first kappa shape index (κ1) is 17.0. The summed E-state index contributed by atoms with van der Waals surface area (Å²) < 4.78 is 25.7. The highest BCUT2D eigenvalue weighted by Gasteiger charge is 2.45. The van der Waals surface area contributed by atoms with Gasteiger partial charge in [-0.3, -0.25) is 18.8 Å². The average Bonchev–Trinajstić information content (AvgIpc) is 2.73. The van der Waals surface area contributed by atoms with E-state index in [1.54, 1.807) is 0 Å². The number of hydrogen-bond donors (Lipinski definition) is 4. The number of nitrogens with zero attached hydrogens (tertiary/aromatic N) is 2. The van der Waals surface area contributed by atoms with Crippen LogP contribution in [0.15, 0.2) is 15.8 Å². The van der Waals surface area contributed by atoms with E-state index in [1.807, 2.05) is 4.98 Å². The first-order chi connectivity index (χ1) is 10.2. The van der Waals surface area contributed by atoms with E-state index in [4.69, 9.17) is 9.63 Å². The molecule has 2 heterocycles. The zero-order valence-corrected chi connectivity index (χ0v) is 12.1. The minimum absolute atomic E-state index is 0.575. The number of ether oxygens (including phenoxy) is 1. The third-order valence-electron chi connectivity index (χ3n) is 2.95. The average molecular weight is 339 g/mol. The van der Waals surface area contributed by atoms with Gasteiger partial charge in [-0.25, -0.2) is 9.36 Å². The van der Waals surface area contributed by atoms with Crippen LogP contribution in [0.1, 0.15) is 6.23 Å². The van der Waals surface area contributed by atoms with Crippen LogP contribution in [-0.2, 0) is 18.3 Å². The Balaban J connectivity index is 2.15. The van der Waals surface area contributed by atoms with Crippen LogP contribution in [-0.4, -0.2) is 61.9 Å². The fourth-order valence-corrected chi connectivity index (χ4v) is 2.27. The van der Waals surface area contributed by atoms with E-state index in [1.165, 1.54) is 0 Å². The van der Waals surface area contributed by atoms with Crippen LogP contribution in [0.3, 0.4) is 0 Å². The molecule has 0 spiro atoms. The predicted molar refractivity (Wildman–Crippen MR) is 67.8 cm³/mol. The highest BCUT2D eigenvalue weighted by atomic mass is 31.2. The Morgan fingerprint density at radius 3 is 2.73 bits per heavy atom. The molecule has 1 saturated heterocycles. The quantitative estimate of drug-likeness (QED) is 0.414. The Labute approximate surface area is 122 Å². The molecule has 22 heavy (non-hydrogen) atoms. The molecule has 0 amide bonds. The standard InChI is InChI=1S/C9H14N3O9P/c1-19-22(17,18)20-3-4-6(14)7(15)8(21-4)12-9(16)11-5(13)2-10-12/h2,4,6-8,14-15H,3H2,1H3,(H,17,18)(H,11,13,16). The van der Waals surface area contributed by atoms with Crippen molar-refractivity contribution in [2.24, 2.45) is 0 Å². The molecule has 124 valence electrons. The summed E-state index contributed by atoms with van der Waals surface area (Å²) in [5.41, 5.74) is -1.69. The van der Waals surface area contributed by atoms with Crippen LogP contribution in [0, 0.1) is 0 Å². The van der Waals surface area contributed by atoms with Gasteiger partial charge in [-0.05, 0) is 0 Å². The Morgan fingerprint density at radius 1 is 1.45 bits per heavy atom. The maximum absolute atomic E-state index is 11.6. The molecular formula is C9H14N3O9P. The van der Waals surface area contributed by atoms with Crippen LogP contribution in [0.25, 0.3) is 0 Å². The van der Waals surface area contributed by atoms with E-state index in [0.29, 0.717) is 4.68 Å². The summed E-state index contributed by atoms with van der Waals surface area (Å²) in [6.07, 6.45) is -4.89. The molecule has 4 N–H and O–H groups in total. The summed E-state index contributed by atoms with van der Waals surface area (Å²) in [6, 6.07) is 0. The van der Waals surface area contributed by atoms with E-state index < -0.39 is 50.2 Å². The van der Waals surface area contributed by atoms with Crippen molar-refractivity contribution < 1.29 is 33.5 Å². The number of aromatic nitrogens is 3. The smallest absolute Gasteiger partial charge is 0.387 e. The number of H-pyrrole nitrogens is 1. The Hall–Kier alpha value is -1.40. The Morgan fingerprint density at radius 2 is 2.14 bits per heavy atom. The summed E-state index contributed by atoms with van der Waals surface area (Å²) >= 11 is 0.